The van der Waals surface area contributed by atoms with E-state index in [2.05, 4.69) is 15.2 Å². The molecule has 2 aromatic heterocycles. The molecule has 0 bridgehead atoms. The third-order valence-corrected chi connectivity index (χ3v) is 5.49. The number of carbonyl (C=O) groups excluding carboxylic acids is 1. The number of nitrogens with one attached hydrogen (secondary N) is 1. The topological polar surface area (TPSA) is 88.4 Å². The highest BCUT2D eigenvalue weighted by Crippen LogP contribution is 2.24. The Morgan fingerprint density at radius 1 is 1.22 bits per heavy atom. The third-order valence-electron chi connectivity index (χ3n) is 4.81. The van der Waals surface area contributed by atoms with Gasteiger partial charge in [0.25, 0.3) is 11.6 Å². The molecule has 0 radical (unpaired) electrons. The first-order valence-electron chi connectivity index (χ1n) is 8.73. The Morgan fingerprint density at radius 3 is 2.74 bits per heavy atom. The lowest BCUT2D eigenvalue weighted by molar-refractivity contribution is -0.384. The first-order valence-corrected chi connectivity index (χ1v) is 9.67. The van der Waals surface area contributed by atoms with Gasteiger partial charge in [0.15, 0.2) is 0 Å². The number of nitrogens with zero attached hydrogens (tertiary/aromatic N) is 3. The van der Waals surface area contributed by atoms with Crippen LogP contribution < -0.4 is 10.2 Å². The van der Waals surface area contributed by atoms with Crippen LogP contribution in [-0.4, -0.2) is 34.9 Å². The number of amides is 1. The summed E-state index contributed by atoms with van der Waals surface area (Å²) in [7, 11) is 0. The smallest absolute Gasteiger partial charge is 0.270 e. The van der Waals surface area contributed by atoms with Gasteiger partial charge in [0.05, 0.1) is 10.4 Å². The first-order chi connectivity index (χ1) is 13.1. The van der Waals surface area contributed by atoms with Crippen LogP contribution in [0.3, 0.4) is 0 Å². The molecule has 0 unspecified atom stereocenters. The molecule has 3 heterocycles. The molecule has 1 aliphatic heterocycles. The van der Waals surface area contributed by atoms with E-state index in [1.165, 1.54) is 23.5 Å². The van der Waals surface area contributed by atoms with Gasteiger partial charge in [-0.2, -0.15) is 11.3 Å². The van der Waals surface area contributed by atoms with Crippen molar-refractivity contribution in [3.05, 3.63) is 62.8 Å². The minimum atomic E-state index is -0.400. The highest BCUT2D eigenvalue weighted by Gasteiger charge is 2.22. The van der Waals surface area contributed by atoms with E-state index in [1.54, 1.807) is 6.07 Å². The molecule has 7 nitrogen and oxygen atoms in total. The van der Waals surface area contributed by atoms with Crippen LogP contribution in [0, 0.1) is 10.1 Å². The van der Waals surface area contributed by atoms with Crippen LogP contribution >= 0.6 is 11.3 Å². The summed E-state index contributed by atoms with van der Waals surface area (Å²) in [5.41, 5.74) is 1.53. The first kappa shape index (κ1) is 17.4. The van der Waals surface area contributed by atoms with Crippen molar-refractivity contribution >= 4 is 39.7 Å². The zero-order valence-corrected chi connectivity index (χ0v) is 15.3. The van der Waals surface area contributed by atoms with Gasteiger partial charge in [-0.15, -0.1) is 0 Å². The Bertz CT molecular complexity index is 982. The van der Waals surface area contributed by atoms with Crippen LogP contribution in [0.4, 0.5) is 11.5 Å². The number of pyridine rings is 1. The van der Waals surface area contributed by atoms with Crippen LogP contribution in [0.15, 0.2) is 47.2 Å². The molecule has 8 heteroatoms. The lowest BCUT2D eigenvalue weighted by Gasteiger charge is -2.33. The Morgan fingerprint density at radius 2 is 2.04 bits per heavy atom. The van der Waals surface area contributed by atoms with E-state index in [0.29, 0.717) is 5.56 Å². The molecule has 0 saturated carbocycles. The quantitative estimate of drug-likeness (QED) is 0.550. The van der Waals surface area contributed by atoms with E-state index in [4.69, 9.17) is 0 Å². The summed E-state index contributed by atoms with van der Waals surface area (Å²) in [5, 5.41) is 18.5. The van der Waals surface area contributed by atoms with E-state index in [1.807, 2.05) is 29.0 Å². The number of thiophene rings is 1. The zero-order valence-electron chi connectivity index (χ0n) is 14.5. The minimum Gasteiger partial charge on any atom is -0.356 e. The van der Waals surface area contributed by atoms with Gasteiger partial charge in [-0.3, -0.25) is 14.9 Å². The molecule has 1 aliphatic rings. The second kappa shape index (κ2) is 7.32. The number of benzene rings is 1. The van der Waals surface area contributed by atoms with Crippen molar-refractivity contribution < 1.29 is 9.72 Å². The van der Waals surface area contributed by atoms with Gasteiger partial charge in [-0.05, 0) is 42.5 Å². The Hall–Kier alpha value is -3.00. The fourth-order valence-electron chi connectivity index (χ4n) is 3.31. The van der Waals surface area contributed by atoms with E-state index >= 15 is 0 Å². The predicted octanol–water partition coefficient (Wildman–Crippen LogP) is 3.60. The normalized spacial score (nSPS) is 15.0. The Kier molecular flexibility index (Phi) is 4.72. The summed E-state index contributed by atoms with van der Waals surface area (Å²) >= 11 is 1.52. The number of aromatic nitrogens is 1. The Labute approximate surface area is 159 Å². The highest BCUT2D eigenvalue weighted by molar-refractivity contribution is 7.08. The molecule has 3 aromatic rings. The second-order valence-electron chi connectivity index (χ2n) is 6.55. The summed E-state index contributed by atoms with van der Waals surface area (Å²) in [6.07, 6.45) is 1.71. The van der Waals surface area contributed by atoms with Crippen LogP contribution in [0.2, 0.25) is 0 Å². The lowest BCUT2D eigenvalue weighted by atomic mass is 10.0. The number of nitro groups is 1. The van der Waals surface area contributed by atoms with Crippen molar-refractivity contribution in [3.8, 4) is 0 Å². The molecule has 27 heavy (non-hydrogen) atoms. The number of carbonyl (C=O) groups is 1. The molecule has 1 fully saturated rings. The predicted molar refractivity (Wildman–Crippen MR) is 105 cm³/mol. The largest absolute Gasteiger partial charge is 0.356 e. The fourth-order valence-corrected chi connectivity index (χ4v) is 3.94. The fraction of sp³-hybridized carbons (Fsp3) is 0.263. The van der Waals surface area contributed by atoms with Gasteiger partial charge in [0.2, 0.25) is 0 Å². The van der Waals surface area contributed by atoms with Crippen molar-refractivity contribution in [1.29, 1.82) is 0 Å². The minimum absolute atomic E-state index is 0.0138. The second-order valence-corrected chi connectivity index (χ2v) is 7.33. The van der Waals surface area contributed by atoms with Crippen LogP contribution in [0.1, 0.15) is 23.2 Å². The lowest BCUT2D eigenvalue weighted by Crippen LogP contribution is -2.44. The highest BCUT2D eigenvalue weighted by atomic mass is 32.1. The number of fused-ring (bicyclic) bond motifs is 1. The summed E-state index contributed by atoms with van der Waals surface area (Å²) < 4.78 is 0. The van der Waals surface area contributed by atoms with Gasteiger partial charge in [-0.1, -0.05) is 0 Å². The van der Waals surface area contributed by atoms with Crippen LogP contribution in [-0.2, 0) is 0 Å². The maximum absolute atomic E-state index is 12.2. The number of rotatable bonds is 4. The number of piperidine rings is 1. The standard InChI is InChI=1S/C19H18N4O3S/c24-19(14-7-10-27-12-14)20-15-5-8-22(9-6-15)18-4-1-13-11-16(23(25)26)2-3-17(13)21-18/h1-4,7,10-12,15H,5-6,8-9H2,(H,20,24). The molecule has 0 atom stereocenters. The van der Waals surface area contributed by atoms with Crippen molar-refractivity contribution in [2.45, 2.75) is 18.9 Å². The van der Waals surface area contributed by atoms with E-state index in [9.17, 15) is 14.9 Å². The van der Waals surface area contributed by atoms with Gasteiger partial charge in [-0.25, -0.2) is 4.98 Å². The Balaban J connectivity index is 1.41. The average Bonchev–Trinajstić information content (AvgIpc) is 3.23. The van der Waals surface area contributed by atoms with Crippen LogP contribution in [0.25, 0.3) is 10.9 Å². The average molecular weight is 382 g/mol. The molecular weight excluding hydrogens is 364 g/mol. The molecule has 1 aromatic carbocycles. The molecule has 0 spiro atoms. The summed E-state index contributed by atoms with van der Waals surface area (Å²) in [4.78, 5) is 29.5. The van der Waals surface area contributed by atoms with Crippen molar-refractivity contribution in [2.75, 3.05) is 18.0 Å². The summed E-state index contributed by atoms with van der Waals surface area (Å²) in [6, 6.07) is 10.5. The molecule has 4 rings (SSSR count). The van der Waals surface area contributed by atoms with E-state index in [0.717, 1.165) is 42.7 Å². The van der Waals surface area contributed by atoms with Gasteiger partial charge >= 0.3 is 0 Å². The van der Waals surface area contributed by atoms with Gasteiger partial charge in [0, 0.05) is 47.6 Å². The van der Waals surface area contributed by atoms with Gasteiger partial charge < -0.3 is 10.2 Å². The summed E-state index contributed by atoms with van der Waals surface area (Å²) in [6.45, 7) is 1.61. The van der Waals surface area contributed by atoms with Crippen molar-refractivity contribution in [3.63, 3.8) is 0 Å². The van der Waals surface area contributed by atoms with E-state index < -0.39 is 4.92 Å². The number of hydrogen-bond donors (Lipinski definition) is 1. The summed E-state index contributed by atoms with van der Waals surface area (Å²) in [5.74, 6) is 0.846. The molecule has 0 aliphatic carbocycles. The molecule has 138 valence electrons. The van der Waals surface area contributed by atoms with Crippen molar-refractivity contribution in [2.24, 2.45) is 0 Å². The third kappa shape index (κ3) is 3.75. The molecule has 1 amide bonds. The number of anilines is 1. The SMILES string of the molecule is O=C(NC1CCN(c2ccc3cc([N+](=O)[O-])ccc3n2)CC1)c1ccsc1. The maximum Gasteiger partial charge on any atom is 0.270 e. The number of nitro benzene ring substituents is 1. The number of non-ortho nitro benzene ring substituents is 1. The van der Waals surface area contributed by atoms with Crippen molar-refractivity contribution in [1.82, 2.24) is 10.3 Å². The molecular formula is C19H18N4O3S. The van der Waals surface area contributed by atoms with Gasteiger partial charge in [0.1, 0.15) is 5.82 Å². The zero-order chi connectivity index (χ0) is 18.8. The number of hydrogen-bond acceptors (Lipinski definition) is 6. The van der Waals surface area contributed by atoms with E-state index in [-0.39, 0.29) is 17.6 Å². The van der Waals surface area contributed by atoms with Crippen LogP contribution in [0.5, 0.6) is 0 Å². The maximum atomic E-state index is 12.2. The molecule has 1 N–H and O–H groups in total. The molecule has 1 saturated heterocycles. The monoisotopic (exact) mass is 382 g/mol.